The number of hydrogen-bond acceptors (Lipinski definition) is 6. The summed E-state index contributed by atoms with van der Waals surface area (Å²) in [7, 11) is -1.82. The third-order valence-corrected chi connectivity index (χ3v) is 5.40. The second kappa shape index (κ2) is 4.87. The molecule has 17 heavy (non-hydrogen) atoms. The van der Waals surface area contributed by atoms with Gasteiger partial charge in [-0.3, -0.25) is 0 Å². The molecule has 96 valence electrons. The Hall–Kier alpha value is -0.730. The molecule has 1 heterocycles. The Labute approximate surface area is 105 Å². The van der Waals surface area contributed by atoms with E-state index in [-0.39, 0.29) is 0 Å². The first-order chi connectivity index (χ1) is 8.03. The number of sulfonamides is 1. The predicted molar refractivity (Wildman–Crippen MR) is 67.8 cm³/mol. The van der Waals surface area contributed by atoms with Gasteiger partial charge in [0.25, 0.3) is 0 Å². The highest BCUT2D eigenvalue weighted by molar-refractivity contribution is 7.90. The lowest BCUT2D eigenvalue weighted by Gasteiger charge is -2.11. The van der Waals surface area contributed by atoms with E-state index >= 15 is 0 Å². The maximum atomic E-state index is 11.5. The van der Waals surface area contributed by atoms with Crippen molar-refractivity contribution in [3.63, 3.8) is 0 Å². The highest BCUT2D eigenvalue weighted by atomic mass is 32.2. The van der Waals surface area contributed by atoms with Crippen molar-refractivity contribution >= 4 is 27.5 Å². The van der Waals surface area contributed by atoms with Crippen molar-refractivity contribution in [2.24, 2.45) is 0 Å². The van der Waals surface area contributed by atoms with E-state index in [2.05, 4.69) is 19.4 Å². The summed E-state index contributed by atoms with van der Waals surface area (Å²) in [5, 5.41) is 3.50. The topological polar surface area (TPSA) is 84.0 Å². The molecular weight excluding hydrogens is 260 g/mol. The predicted octanol–water partition coefficient (Wildman–Crippen LogP) is 0.765. The van der Waals surface area contributed by atoms with Gasteiger partial charge in [-0.15, -0.1) is 0 Å². The number of nitrogens with zero attached hydrogens (tertiary/aromatic N) is 2. The van der Waals surface area contributed by atoms with E-state index in [1.165, 1.54) is 31.4 Å². The standard InChI is InChI=1S/C9H16N4O2S2/c1-6(17(14,15)10-2)5-11-9-12-8(16-13-9)7-3-4-7/h6-7,10H,3-5H2,1-2H3,(H,11,13)/t6-/m1/s1. The summed E-state index contributed by atoms with van der Waals surface area (Å²) in [5.41, 5.74) is 0. The van der Waals surface area contributed by atoms with Gasteiger partial charge in [0.15, 0.2) is 0 Å². The van der Waals surface area contributed by atoms with Gasteiger partial charge in [-0.25, -0.2) is 18.1 Å². The average Bonchev–Trinajstić information content (AvgIpc) is 3.06. The average molecular weight is 276 g/mol. The van der Waals surface area contributed by atoms with Crippen LogP contribution in [-0.4, -0.2) is 36.6 Å². The molecular formula is C9H16N4O2S2. The molecule has 0 bridgehead atoms. The molecule has 0 radical (unpaired) electrons. The molecule has 0 aliphatic heterocycles. The fourth-order valence-corrected chi connectivity index (χ4v) is 2.85. The fraction of sp³-hybridized carbons (Fsp3) is 0.778. The van der Waals surface area contributed by atoms with E-state index in [4.69, 9.17) is 0 Å². The Morgan fingerprint density at radius 1 is 1.53 bits per heavy atom. The smallest absolute Gasteiger partial charge is 0.234 e. The summed E-state index contributed by atoms with van der Waals surface area (Å²) < 4.78 is 29.4. The number of anilines is 1. The van der Waals surface area contributed by atoms with Crippen LogP contribution >= 0.6 is 11.5 Å². The molecule has 1 aromatic rings. The molecule has 0 amide bonds. The maximum absolute atomic E-state index is 11.5. The molecule has 1 aromatic heterocycles. The first-order valence-electron chi connectivity index (χ1n) is 5.53. The van der Waals surface area contributed by atoms with Crippen LogP contribution in [0.2, 0.25) is 0 Å². The van der Waals surface area contributed by atoms with Crippen LogP contribution in [0, 0.1) is 0 Å². The second-order valence-electron chi connectivity index (χ2n) is 4.17. The molecule has 2 N–H and O–H groups in total. The Morgan fingerprint density at radius 2 is 2.24 bits per heavy atom. The van der Waals surface area contributed by atoms with Crippen LogP contribution in [0.4, 0.5) is 5.95 Å². The molecule has 6 nitrogen and oxygen atoms in total. The van der Waals surface area contributed by atoms with Crippen LogP contribution in [0.5, 0.6) is 0 Å². The van der Waals surface area contributed by atoms with E-state index in [0.717, 1.165) is 5.01 Å². The molecule has 1 aliphatic rings. The Bertz CT molecular complexity index is 481. The van der Waals surface area contributed by atoms with E-state index < -0.39 is 15.3 Å². The van der Waals surface area contributed by atoms with Crippen LogP contribution in [0.25, 0.3) is 0 Å². The summed E-state index contributed by atoms with van der Waals surface area (Å²) >= 11 is 1.40. The lowest BCUT2D eigenvalue weighted by Crippen LogP contribution is -2.34. The zero-order valence-electron chi connectivity index (χ0n) is 9.80. The zero-order valence-corrected chi connectivity index (χ0v) is 11.4. The summed E-state index contributed by atoms with van der Waals surface area (Å²) in [6.07, 6.45) is 2.39. The molecule has 0 spiro atoms. The van der Waals surface area contributed by atoms with E-state index in [9.17, 15) is 8.42 Å². The molecule has 8 heteroatoms. The molecule has 0 saturated heterocycles. The Balaban J connectivity index is 1.88. The molecule has 1 atom stereocenters. The van der Waals surface area contributed by atoms with Crippen molar-refractivity contribution in [2.45, 2.75) is 30.9 Å². The molecule has 1 fully saturated rings. The van der Waals surface area contributed by atoms with Gasteiger partial charge in [0.1, 0.15) is 5.01 Å². The van der Waals surface area contributed by atoms with Crippen LogP contribution in [0.15, 0.2) is 0 Å². The van der Waals surface area contributed by atoms with E-state index in [1.54, 1.807) is 6.92 Å². The molecule has 0 aromatic carbocycles. The lowest BCUT2D eigenvalue weighted by atomic mass is 10.4. The summed E-state index contributed by atoms with van der Waals surface area (Å²) in [6, 6.07) is 0. The molecule has 1 aliphatic carbocycles. The third kappa shape index (κ3) is 3.14. The van der Waals surface area contributed by atoms with Gasteiger partial charge in [0.05, 0.1) is 5.25 Å². The summed E-state index contributed by atoms with van der Waals surface area (Å²) in [5.74, 6) is 1.12. The third-order valence-electron chi connectivity index (χ3n) is 2.73. The Morgan fingerprint density at radius 3 is 2.82 bits per heavy atom. The highest BCUT2D eigenvalue weighted by Crippen LogP contribution is 2.41. The van der Waals surface area contributed by atoms with Crippen molar-refractivity contribution in [3.05, 3.63) is 5.01 Å². The van der Waals surface area contributed by atoms with Crippen molar-refractivity contribution in [1.29, 1.82) is 0 Å². The lowest BCUT2D eigenvalue weighted by molar-refractivity contribution is 0.577. The monoisotopic (exact) mass is 276 g/mol. The van der Waals surface area contributed by atoms with Gasteiger partial charge in [-0.1, -0.05) is 0 Å². The van der Waals surface area contributed by atoms with E-state index in [0.29, 0.717) is 18.4 Å². The van der Waals surface area contributed by atoms with Crippen molar-refractivity contribution in [3.8, 4) is 0 Å². The quantitative estimate of drug-likeness (QED) is 0.801. The first kappa shape index (κ1) is 12.7. The number of rotatable bonds is 6. The number of hydrogen-bond donors (Lipinski definition) is 2. The largest absolute Gasteiger partial charge is 0.352 e. The molecule has 1 saturated carbocycles. The highest BCUT2D eigenvalue weighted by Gasteiger charge is 2.27. The van der Waals surface area contributed by atoms with Crippen LogP contribution in [-0.2, 0) is 10.0 Å². The van der Waals surface area contributed by atoms with Gasteiger partial charge in [0.2, 0.25) is 16.0 Å². The minimum absolute atomic E-state index is 0.310. The van der Waals surface area contributed by atoms with E-state index in [1.807, 2.05) is 0 Å². The second-order valence-corrected chi connectivity index (χ2v) is 7.26. The maximum Gasteiger partial charge on any atom is 0.234 e. The first-order valence-corrected chi connectivity index (χ1v) is 7.84. The van der Waals surface area contributed by atoms with Gasteiger partial charge >= 0.3 is 0 Å². The SMILES string of the molecule is CNS(=O)(=O)[C@H](C)CNc1nsc(C2CC2)n1. The van der Waals surface area contributed by atoms with Gasteiger partial charge in [-0.05, 0) is 38.3 Å². The zero-order chi connectivity index (χ0) is 12.5. The van der Waals surface area contributed by atoms with Gasteiger partial charge < -0.3 is 5.32 Å². The molecule has 0 unspecified atom stereocenters. The van der Waals surface area contributed by atoms with Crippen LogP contribution < -0.4 is 10.0 Å². The summed E-state index contributed by atoms with van der Waals surface area (Å²) in [6.45, 7) is 1.96. The van der Waals surface area contributed by atoms with Crippen LogP contribution in [0.3, 0.4) is 0 Å². The molecule has 2 rings (SSSR count). The minimum Gasteiger partial charge on any atom is -0.352 e. The normalized spacial score (nSPS) is 18.0. The summed E-state index contributed by atoms with van der Waals surface area (Å²) in [4.78, 5) is 4.33. The fourth-order valence-electron chi connectivity index (χ4n) is 1.35. The minimum atomic E-state index is -3.23. The van der Waals surface area contributed by atoms with Crippen molar-refractivity contribution in [2.75, 3.05) is 18.9 Å². The van der Waals surface area contributed by atoms with Crippen molar-refractivity contribution in [1.82, 2.24) is 14.1 Å². The Kier molecular flexibility index (Phi) is 3.64. The van der Waals surface area contributed by atoms with Crippen LogP contribution in [0.1, 0.15) is 30.7 Å². The van der Waals surface area contributed by atoms with Gasteiger partial charge in [0, 0.05) is 12.5 Å². The number of nitrogens with one attached hydrogen (secondary N) is 2. The van der Waals surface area contributed by atoms with Crippen molar-refractivity contribution < 1.29 is 8.42 Å². The number of aromatic nitrogens is 2. The van der Waals surface area contributed by atoms with Gasteiger partial charge in [-0.2, -0.15) is 4.37 Å².